The van der Waals surface area contributed by atoms with E-state index in [9.17, 15) is 5.11 Å². The van der Waals surface area contributed by atoms with E-state index in [1.807, 2.05) is 12.1 Å². The highest BCUT2D eigenvalue weighted by atomic mass is 16.5. The molecular weight excluding hydrogens is 230 g/mol. The molecule has 4 nitrogen and oxygen atoms in total. The van der Waals surface area contributed by atoms with Gasteiger partial charge in [0.1, 0.15) is 0 Å². The third kappa shape index (κ3) is 2.94. The average molecular weight is 251 g/mol. The van der Waals surface area contributed by atoms with Crippen LogP contribution in [-0.4, -0.2) is 43.4 Å². The number of aromatic hydroxyl groups is 1. The molecule has 0 unspecified atom stereocenters. The maximum Gasteiger partial charge on any atom is 0.162 e. The molecule has 4 heteroatoms. The van der Waals surface area contributed by atoms with Crippen LogP contribution in [0.25, 0.3) is 0 Å². The van der Waals surface area contributed by atoms with Crippen LogP contribution in [0, 0.1) is 0 Å². The van der Waals surface area contributed by atoms with Gasteiger partial charge in [-0.1, -0.05) is 12.1 Å². The van der Waals surface area contributed by atoms with Gasteiger partial charge < -0.3 is 14.6 Å². The van der Waals surface area contributed by atoms with Crippen LogP contribution < -0.4 is 4.74 Å². The number of hydrogen-bond donors (Lipinski definition) is 1. The number of benzene rings is 1. The first-order valence-corrected chi connectivity index (χ1v) is 6.35. The van der Waals surface area contributed by atoms with Crippen LogP contribution in [0.2, 0.25) is 0 Å². The van der Waals surface area contributed by atoms with Crippen molar-refractivity contribution < 1.29 is 14.6 Å². The molecule has 1 fully saturated rings. The Bertz CT molecular complexity index is 389. The molecule has 0 aliphatic carbocycles. The molecule has 18 heavy (non-hydrogen) atoms. The number of para-hydroxylation sites is 1. The fraction of sp³-hybridized carbons (Fsp3) is 0.571. The number of phenols is 1. The monoisotopic (exact) mass is 251 g/mol. The van der Waals surface area contributed by atoms with E-state index in [1.165, 1.54) is 0 Å². The Kier molecular flexibility index (Phi) is 4.44. The Morgan fingerprint density at radius 2 is 2.11 bits per heavy atom. The first-order chi connectivity index (χ1) is 8.72. The second kappa shape index (κ2) is 6.07. The molecule has 2 rings (SSSR count). The van der Waals surface area contributed by atoms with Gasteiger partial charge in [-0.2, -0.15) is 0 Å². The standard InChI is InChI=1S/C14H21NO3/c1-15(12-6-8-18-9-7-12)10-11-4-3-5-13(17-2)14(11)16/h3-5,12,16H,6-10H2,1-2H3. The van der Waals surface area contributed by atoms with E-state index in [1.54, 1.807) is 13.2 Å². The van der Waals surface area contributed by atoms with Gasteiger partial charge in [0.2, 0.25) is 0 Å². The Morgan fingerprint density at radius 1 is 1.39 bits per heavy atom. The minimum Gasteiger partial charge on any atom is -0.504 e. The van der Waals surface area contributed by atoms with Gasteiger partial charge in [-0.15, -0.1) is 0 Å². The Hall–Kier alpha value is -1.26. The fourth-order valence-electron chi connectivity index (χ4n) is 2.38. The number of ether oxygens (including phenoxy) is 2. The Labute approximate surface area is 108 Å². The summed E-state index contributed by atoms with van der Waals surface area (Å²) >= 11 is 0. The van der Waals surface area contributed by atoms with Crippen molar-refractivity contribution in [3.05, 3.63) is 23.8 Å². The van der Waals surface area contributed by atoms with Crippen LogP contribution in [0.1, 0.15) is 18.4 Å². The molecule has 1 aliphatic rings. The van der Waals surface area contributed by atoms with Gasteiger partial charge in [-0.3, -0.25) is 4.90 Å². The molecule has 1 aromatic carbocycles. The van der Waals surface area contributed by atoms with E-state index in [2.05, 4.69) is 11.9 Å². The normalized spacial score (nSPS) is 17.1. The van der Waals surface area contributed by atoms with Crippen molar-refractivity contribution in [2.45, 2.75) is 25.4 Å². The van der Waals surface area contributed by atoms with Crippen LogP contribution in [0.15, 0.2) is 18.2 Å². The molecule has 0 amide bonds. The predicted octanol–water partition coefficient (Wildman–Crippen LogP) is 2.01. The van der Waals surface area contributed by atoms with Crippen LogP contribution in [0.4, 0.5) is 0 Å². The summed E-state index contributed by atoms with van der Waals surface area (Å²) in [5.41, 5.74) is 0.906. The van der Waals surface area contributed by atoms with Gasteiger partial charge >= 0.3 is 0 Å². The van der Waals surface area contributed by atoms with Crippen LogP contribution >= 0.6 is 0 Å². The summed E-state index contributed by atoms with van der Waals surface area (Å²) in [5.74, 6) is 0.784. The summed E-state index contributed by atoms with van der Waals surface area (Å²) in [7, 11) is 3.66. The number of rotatable bonds is 4. The number of methoxy groups -OCH3 is 1. The lowest BCUT2D eigenvalue weighted by Crippen LogP contribution is -2.36. The maximum absolute atomic E-state index is 10.1. The van der Waals surface area contributed by atoms with E-state index in [4.69, 9.17) is 9.47 Å². The summed E-state index contributed by atoms with van der Waals surface area (Å²) in [6.45, 7) is 2.39. The van der Waals surface area contributed by atoms with Crippen LogP contribution in [0.3, 0.4) is 0 Å². The zero-order valence-corrected chi connectivity index (χ0v) is 11.1. The van der Waals surface area contributed by atoms with Crippen LogP contribution in [-0.2, 0) is 11.3 Å². The average Bonchev–Trinajstić information content (AvgIpc) is 2.42. The van der Waals surface area contributed by atoms with Gasteiger partial charge in [0, 0.05) is 31.4 Å². The molecular formula is C14H21NO3. The summed E-state index contributed by atoms with van der Waals surface area (Å²) < 4.78 is 10.5. The van der Waals surface area contributed by atoms with Gasteiger partial charge in [0.15, 0.2) is 11.5 Å². The fourth-order valence-corrected chi connectivity index (χ4v) is 2.38. The quantitative estimate of drug-likeness (QED) is 0.889. The van der Waals surface area contributed by atoms with Crippen molar-refractivity contribution >= 4 is 0 Å². The van der Waals surface area contributed by atoms with Gasteiger partial charge in [0.05, 0.1) is 7.11 Å². The molecule has 0 radical (unpaired) electrons. The number of phenolic OH excluding ortho intramolecular Hbond substituents is 1. The van der Waals surface area contributed by atoms with Crippen molar-refractivity contribution in [1.29, 1.82) is 0 Å². The molecule has 0 atom stereocenters. The first kappa shape index (κ1) is 13.2. The molecule has 0 bridgehead atoms. The molecule has 0 spiro atoms. The second-order valence-electron chi connectivity index (χ2n) is 4.73. The number of hydrogen-bond acceptors (Lipinski definition) is 4. The smallest absolute Gasteiger partial charge is 0.162 e. The Balaban J connectivity index is 2.04. The lowest BCUT2D eigenvalue weighted by atomic mass is 10.1. The lowest BCUT2D eigenvalue weighted by molar-refractivity contribution is 0.0405. The van der Waals surface area contributed by atoms with E-state index in [-0.39, 0.29) is 5.75 Å². The van der Waals surface area contributed by atoms with E-state index in [0.29, 0.717) is 11.8 Å². The summed E-state index contributed by atoms with van der Waals surface area (Å²) in [5, 5.41) is 10.1. The van der Waals surface area contributed by atoms with Gasteiger partial charge in [-0.25, -0.2) is 0 Å². The van der Waals surface area contributed by atoms with Crippen molar-refractivity contribution in [1.82, 2.24) is 4.90 Å². The molecule has 1 aliphatic heterocycles. The highest BCUT2D eigenvalue weighted by Gasteiger charge is 2.19. The summed E-state index contributed by atoms with van der Waals surface area (Å²) in [6.07, 6.45) is 2.11. The minimum absolute atomic E-state index is 0.249. The highest BCUT2D eigenvalue weighted by Crippen LogP contribution is 2.30. The van der Waals surface area contributed by atoms with Gasteiger partial charge in [0.25, 0.3) is 0 Å². The van der Waals surface area contributed by atoms with E-state index < -0.39 is 0 Å². The van der Waals surface area contributed by atoms with Crippen molar-refractivity contribution in [3.63, 3.8) is 0 Å². The molecule has 1 N–H and O–H groups in total. The Morgan fingerprint density at radius 3 is 2.78 bits per heavy atom. The molecule has 0 saturated carbocycles. The maximum atomic E-state index is 10.1. The van der Waals surface area contributed by atoms with E-state index in [0.717, 1.165) is 38.2 Å². The minimum atomic E-state index is 0.249. The molecule has 100 valence electrons. The zero-order chi connectivity index (χ0) is 13.0. The zero-order valence-electron chi connectivity index (χ0n) is 11.1. The van der Waals surface area contributed by atoms with E-state index >= 15 is 0 Å². The van der Waals surface area contributed by atoms with Crippen LogP contribution in [0.5, 0.6) is 11.5 Å². The van der Waals surface area contributed by atoms with Crippen molar-refractivity contribution in [2.75, 3.05) is 27.4 Å². The predicted molar refractivity (Wildman–Crippen MR) is 70.0 cm³/mol. The molecule has 1 aromatic rings. The SMILES string of the molecule is COc1cccc(CN(C)C2CCOCC2)c1O. The van der Waals surface area contributed by atoms with Crippen molar-refractivity contribution in [3.8, 4) is 11.5 Å². The second-order valence-corrected chi connectivity index (χ2v) is 4.73. The third-order valence-corrected chi connectivity index (χ3v) is 3.54. The third-order valence-electron chi connectivity index (χ3n) is 3.54. The number of nitrogens with zero attached hydrogens (tertiary/aromatic N) is 1. The van der Waals surface area contributed by atoms with Crippen molar-refractivity contribution in [2.24, 2.45) is 0 Å². The highest BCUT2D eigenvalue weighted by molar-refractivity contribution is 5.45. The summed E-state index contributed by atoms with van der Waals surface area (Å²) in [6, 6.07) is 6.15. The van der Waals surface area contributed by atoms with Gasteiger partial charge in [-0.05, 0) is 26.0 Å². The molecule has 1 saturated heterocycles. The first-order valence-electron chi connectivity index (χ1n) is 6.35. The summed E-state index contributed by atoms with van der Waals surface area (Å²) in [4.78, 5) is 2.27. The topological polar surface area (TPSA) is 41.9 Å². The molecule has 1 heterocycles. The lowest BCUT2D eigenvalue weighted by Gasteiger charge is -2.31. The largest absolute Gasteiger partial charge is 0.504 e. The molecule has 0 aromatic heterocycles.